The highest BCUT2D eigenvalue weighted by Gasteiger charge is 2.30. The van der Waals surface area contributed by atoms with Gasteiger partial charge in [-0.15, -0.1) is 11.3 Å². The molecule has 0 spiro atoms. The van der Waals surface area contributed by atoms with E-state index in [1.807, 2.05) is 38.1 Å². The first-order valence-corrected chi connectivity index (χ1v) is 9.59. The zero-order chi connectivity index (χ0) is 20.3. The monoisotopic (exact) mass is 407 g/mol. The molecule has 0 fully saturated rings. The second kappa shape index (κ2) is 8.22. The smallest absolute Gasteiger partial charge is 0.416 e. The Balaban J connectivity index is 1.85. The maximum atomic E-state index is 12.8. The summed E-state index contributed by atoms with van der Waals surface area (Å²) >= 11 is 1.44. The fraction of sp³-hybridized carbons (Fsp3) is 0.286. The third-order valence-electron chi connectivity index (χ3n) is 4.27. The number of alkyl halides is 3. The van der Waals surface area contributed by atoms with Gasteiger partial charge in [-0.3, -0.25) is 0 Å². The summed E-state index contributed by atoms with van der Waals surface area (Å²) in [5, 5.41) is 0.675. The summed E-state index contributed by atoms with van der Waals surface area (Å²) in [5.41, 5.74) is 0.802. The third kappa shape index (κ3) is 4.47. The third-order valence-corrected chi connectivity index (χ3v) is 5.57. The number of ether oxygens (including phenoxy) is 2. The van der Waals surface area contributed by atoms with Crippen LogP contribution in [0.4, 0.5) is 13.2 Å². The van der Waals surface area contributed by atoms with Gasteiger partial charge in [0.1, 0.15) is 22.6 Å². The molecule has 3 aromatic rings. The Kier molecular flexibility index (Phi) is 5.93. The number of thiazole rings is 1. The summed E-state index contributed by atoms with van der Waals surface area (Å²) in [6.45, 7) is 3.90. The van der Waals surface area contributed by atoms with Gasteiger partial charge in [-0.1, -0.05) is 25.1 Å². The van der Waals surface area contributed by atoms with Crippen molar-refractivity contribution in [2.45, 2.75) is 32.5 Å². The first-order chi connectivity index (χ1) is 13.3. The largest absolute Gasteiger partial charge is 0.497 e. The summed E-state index contributed by atoms with van der Waals surface area (Å²) < 4.78 is 49.6. The Bertz CT molecular complexity index is 936. The van der Waals surface area contributed by atoms with Crippen molar-refractivity contribution in [1.29, 1.82) is 0 Å². The molecule has 1 aromatic heterocycles. The molecule has 0 radical (unpaired) electrons. The van der Waals surface area contributed by atoms with Crippen molar-refractivity contribution in [2.75, 3.05) is 7.11 Å². The summed E-state index contributed by atoms with van der Waals surface area (Å²) in [7, 11) is 1.60. The SMILES string of the molecule is CCC(Oc1cccc(OC)c1)c1sc(-c2ccc(C(F)(F)F)cc2)nc1C. The van der Waals surface area contributed by atoms with Crippen molar-refractivity contribution >= 4 is 11.3 Å². The summed E-state index contributed by atoms with van der Waals surface area (Å²) in [4.78, 5) is 5.51. The minimum absolute atomic E-state index is 0.201. The standard InChI is InChI=1S/C21H20F3NO2S/c1-4-18(27-17-7-5-6-16(12-17)26-3)19-13(2)25-20(28-19)14-8-10-15(11-9-14)21(22,23)24/h5-12,18H,4H2,1-3H3. The fourth-order valence-corrected chi connectivity index (χ4v) is 3.98. The van der Waals surface area contributed by atoms with Gasteiger partial charge in [-0.2, -0.15) is 13.2 Å². The number of benzene rings is 2. The van der Waals surface area contributed by atoms with E-state index < -0.39 is 11.7 Å². The molecule has 1 heterocycles. The van der Waals surface area contributed by atoms with Crippen molar-refractivity contribution in [3.63, 3.8) is 0 Å². The van der Waals surface area contributed by atoms with Crippen molar-refractivity contribution in [3.05, 3.63) is 64.7 Å². The topological polar surface area (TPSA) is 31.4 Å². The van der Waals surface area contributed by atoms with Crippen LogP contribution in [0.15, 0.2) is 48.5 Å². The second-order valence-electron chi connectivity index (χ2n) is 6.24. The lowest BCUT2D eigenvalue weighted by molar-refractivity contribution is -0.137. The van der Waals surface area contributed by atoms with Crippen LogP contribution in [-0.2, 0) is 6.18 Å². The van der Waals surface area contributed by atoms with E-state index in [9.17, 15) is 13.2 Å². The summed E-state index contributed by atoms with van der Waals surface area (Å²) in [6.07, 6.45) is -3.82. The van der Waals surface area contributed by atoms with Crippen LogP contribution >= 0.6 is 11.3 Å². The molecule has 7 heteroatoms. The van der Waals surface area contributed by atoms with E-state index in [2.05, 4.69) is 4.98 Å². The molecule has 0 bridgehead atoms. The van der Waals surface area contributed by atoms with Gasteiger partial charge in [-0.25, -0.2) is 4.98 Å². The van der Waals surface area contributed by atoms with Crippen LogP contribution in [0.2, 0.25) is 0 Å². The van der Waals surface area contributed by atoms with Crippen molar-refractivity contribution in [2.24, 2.45) is 0 Å². The van der Waals surface area contributed by atoms with Gasteiger partial charge in [0.25, 0.3) is 0 Å². The Morgan fingerprint density at radius 3 is 2.36 bits per heavy atom. The maximum absolute atomic E-state index is 12.8. The number of nitrogens with zero attached hydrogens (tertiary/aromatic N) is 1. The molecule has 0 saturated heterocycles. The predicted octanol–water partition coefficient (Wildman–Crippen LogP) is 6.68. The number of hydrogen-bond donors (Lipinski definition) is 0. The van der Waals surface area contributed by atoms with Crippen LogP contribution in [0.1, 0.15) is 35.6 Å². The van der Waals surface area contributed by atoms with Gasteiger partial charge in [0.05, 0.1) is 23.2 Å². The fourth-order valence-electron chi connectivity index (χ4n) is 2.79. The van der Waals surface area contributed by atoms with Crippen LogP contribution < -0.4 is 9.47 Å². The molecule has 148 valence electrons. The highest BCUT2D eigenvalue weighted by Crippen LogP contribution is 2.37. The number of aryl methyl sites for hydroxylation is 1. The highest BCUT2D eigenvalue weighted by molar-refractivity contribution is 7.15. The van der Waals surface area contributed by atoms with Crippen LogP contribution in [-0.4, -0.2) is 12.1 Å². The van der Waals surface area contributed by atoms with Crippen LogP contribution in [0.5, 0.6) is 11.5 Å². The average Bonchev–Trinajstić information content (AvgIpc) is 3.07. The van der Waals surface area contributed by atoms with Crippen LogP contribution in [0.25, 0.3) is 10.6 Å². The average molecular weight is 407 g/mol. The lowest BCUT2D eigenvalue weighted by atomic mass is 10.1. The van der Waals surface area contributed by atoms with Crippen molar-refractivity contribution in [3.8, 4) is 22.1 Å². The molecule has 0 amide bonds. The Labute approximate surface area is 165 Å². The molecular formula is C21H20F3NO2S. The molecule has 1 atom stereocenters. The summed E-state index contributed by atoms with van der Waals surface area (Å²) in [5.74, 6) is 1.40. The molecular weight excluding hydrogens is 387 g/mol. The van der Waals surface area contributed by atoms with Gasteiger partial charge < -0.3 is 9.47 Å². The molecule has 0 aliphatic heterocycles. The van der Waals surface area contributed by atoms with E-state index in [1.54, 1.807) is 7.11 Å². The predicted molar refractivity (Wildman–Crippen MR) is 104 cm³/mol. The van der Waals surface area contributed by atoms with E-state index in [4.69, 9.17) is 9.47 Å². The van der Waals surface area contributed by atoms with Crippen molar-refractivity contribution < 1.29 is 22.6 Å². The van der Waals surface area contributed by atoms with Crippen molar-refractivity contribution in [1.82, 2.24) is 4.98 Å². The van der Waals surface area contributed by atoms with E-state index in [0.717, 1.165) is 29.1 Å². The first-order valence-electron chi connectivity index (χ1n) is 8.77. The minimum Gasteiger partial charge on any atom is -0.497 e. The highest BCUT2D eigenvalue weighted by atomic mass is 32.1. The van der Waals surface area contributed by atoms with Crippen LogP contribution in [0.3, 0.4) is 0 Å². The Morgan fingerprint density at radius 1 is 1.07 bits per heavy atom. The molecule has 3 nitrogen and oxygen atoms in total. The van der Waals surface area contributed by atoms with Gasteiger partial charge in [-0.05, 0) is 37.6 Å². The molecule has 0 N–H and O–H groups in total. The molecule has 28 heavy (non-hydrogen) atoms. The number of halogens is 3. The number of hydrogen-bond acceptors (Lipinski definition) is 4. The van der Waals surface area contributed by atoms with Gasteiger partial charge in [0.2, 0.25) is 0 Å². The maximum Gasteiger partial charge on any atom is 0.416 e. The van der Waals surface area contributed by atoms with Gasteiger partial charge in [0, 0.05) is 11.6 Å². The second-order valence-corrected chi connectivity index (χ2v) is 7.27. The Morgan fingerprint density at radius 2 is 1.75 bits per heavy atom. The van der Waals surface area contributed by atoms with Gasteiger partial charge >= 0.3 is 6.18 Å². The van der Waals surface area contributed by atoms with E-state index in [-0.39, 0.29) is 6.10 Å². The van der Waals surface area contributed by atoms with Gasteiger partial charge in [0.15, 0.2) is 0 Å². The van der Waals surface area contributed by atoms with E-state index in [0.29, 0.717) is 22.1 Å². The summed E-state index contributed by atoms with van der Waals surface area (Å²) in [6, 6.07) is 12.4. The number of aromatic nitrogens is 1. The Hall–Kier alpha value is -2.54. The van der Waals surface area contributed by atoms with E-state index >= 15 is 0 Å². The van der Waals surface area contributed by atoms with E-state index in [1.165, 1.54) is 23.5 Å². The number of methoxy groups -OCH3 is 1. The molecule has 0 aliphatic carbocycles. The first kappa shape index (κ1) is 20.2. The normalized spacial score (nSPS) is 12.6. The minimum atomic E-state index is -4.35. The lowest BCUT2D eigenvalue weighted by Crippen LogP contribution is -2.06. The molecule has 1 unspecified atom stereocenters. The number of rotatable bonds is 6. The molecule has 2 aromatic carbocycles. The molecule has 0 aliphatic rings. The molecule has 3 rings (SSSR count). The molecule has 0 saturated carbocycles. The zero-order valence-electron chi connectivity index (χ0n) is 15.7. The lowest BCUT2D eigenvalue weighted by Gasteiger charge is -2.17. The zero-order valence-corrected chi connectivity index (χ0v) is 16.5. The quantitative estimate of drug-likeness (QED) is 0.457. The van der Waals surface area contributed by atoms with Crippen LogP contribution in [0, 0.1) is 6.92 Å².